The third-order valence-corrected chi connectivity index (χ3v) is 3.35. The lowest BCUT2D eigenvalue weighted by molar-refractivity contribution is -0.104. The third kappa shape index (κ3) is 1.50. The van der Waals surface area contributed by atoms with Gasteiger partial charge in [0.1, 0.15) is 0 Å². The minimum Gasteiger partial charge on any atom is -0.393 e. The van der Waals surface area contributed by atoms with Crippen molar-refractivity contribution in [2.24, 2.45) is 11.8 Å². The van der Waals surface area contributed by atoms with Crippen LogP contribution < -0.4 is 0 Å². The molecule has 4 atom stereocenters. The molecule has 2 rings (SSSR count). The molecule has 0 radical (unpaired) electrons. The molecule has 70 valence electrons. The summed E-state index contributed by atoms with van der Waals surface area (Å²) in [5.41, 5.74) is -0.528. The van der Waals surface area contributed by atoms with Gasteiger partial charge in [0.2, 0.25) is 0 Å². The van der Waals surface area contributed by atoms with Crippen LogP contribution in [0.3, 0.4) is 0 Å². The van der Waals surface area contributed by atoms with E-state index in [4.69, 9.17) is 0 Å². The number of aliphatic hydroxyl groups is 2. The van der Waals surface area contributed by atoms with E-state index in [1.165, 1.54) is 6.42 Å². The van der Waals surface area contributed by atoms with Gasteiger partial charge in [0.25, 0.3) is 0 Å². The molecule has 4 unspecified atom stereocenters. The molecule has 0 aromatic heterocycles. The van der Waals surface area contributed by atoms with Crippen LogP contribution in [-0.4, -0.2) is 21.9 Å². The topological polar surface area (TPSA) is 40.5 Å². The van der Waals surface area contributed by atoms with Crippen molar-refractivity contribution in [3.8, 4) is 0 Å². The predicted molar refractivity (Wildman–Crippen MR) is 46.7 cm³/mol. The van der Waals surface area contributed by atoms with Crippen molar-refractivity contribution in [1.82, 2.24) is 0 Å². The summed E-state index contributed by atoms with van der Waals surface area (Å²) in [6, 6.07) is 0. The Bertz CT molecular complexity index is 159. The first-order chi connectivity index (χ1) is 5.57. The quantitative estimate of drug-likeness (QED) is 0.575. The van der Waals surface area contributed by atoms with E-state index in [1.807, 2.05) is 0 Å². The Kier molecular flexibility index (Phi) is 1.92. The summed E-state index contributed by atoms with van der Waals surface area (Å²) in [6.45, 7) is 2.20. The van der Waals surface area contributed by atoms with Crippen LogP contribution in [0.2, 0.25) is 0 Å². The van der Waals surface area contributed by atoms with Gasteiger partial charge in [-0.05, 0) is 37.5 Å². The molecule has 0 spiro atoms. The van der Waals surface area contributed by atoms with Gasteiger partial charge in [0.05, 0.1) is 11.7 Å². The number of aliphatic hydroxyl groups excluding tert-OH is 1. The van der Waals surface area contributed by atoms with E-state index in [0.29, 0.717) is 18.3 Å². The predicted octanol–water partition coefficient (Wildman–Crippen LogP) is 1.31. The van der Waals surface area contributed by atoms with Gasteiger partial charge < -0.3 is 10.2 Å². The van der Waals surface area contributed by atoms with Crippen LogP contribution in [-0.2, 0) is 0 Å². The molecule has 2 N–H and O–H groups in total. The van der Waals surface area contributed by atoms with Crippen molar-refractivity contribution < 1.29 is 10.2 Å². The molecular weight excluding hydrogens is 152 g/mol. The maximum Gasteiger partial charge on any atom is 0.0677 e. The highest BCUT2D eigenvalue weighted by atomic mass is 16.3. The van der Waals surface area contributed by atoms with Crippen molar-refractivity contribution in [1.29, 1.82) is 0 Å². The first-order valence-corrected chi connectivity index (χ1v) is 4.98. The molecule has 2 nitrogen and oxygen atoms in total. The van der Waals surface area contributed by atoms with Crippen LogP contribution in [0.4, 0.5) is 0 Å². The largest absolute Gasteiger partial charge is 0.393 e. The van der Waals surface area contributed by atoms with Gasteiger partial charge in [-0.2, -0.15) is 0 Å². The van der Waals surface area contributed by atoms with Gasteiger partial charge in [0.15, 0.2) is 0 Å². The third-order valence-electron chi connectivity index (χ3n) is 3.35. The van der Waals surface area contributed by atoms with Crippen molar-refractivity contribution in [3.63, 3.8) is 0 Å². The molecule has 0 heterocycles. The zero-order valence-electron chi connectivity index (χ0n) is 7.66. The summed E-state index contributed by atoms with van der Waals surface area (Å²) in [5.74, 6) is 1.21. The minimum absolute atomic E-state index is 0.249. The zero-order chi connectivity index (χ0) is 8.77. The van der Waals surface area contributed by atoms with E-state index in [2.05, 4.69) is 6.92 Å². The van der Waals surface area contributed by atoms with Crippen LogP contribution in [0.5, 0.6) is 0 Å². The van der Waals surface area contributed by atoms with E-state index in [0.717, 1.165) is 19.3 Å². The Balaban J connectivity index is 2.11. The standard InChI is InChI=1S/C10H18O2/c1-7-2-8-3-9(11)6-10(12,4-7)5-8/h7-9,11-12H,2-6H2,1H3. The molecule has 0 saturated heterocycles. The highest BCUT2D eigenvalue weighted by Crippen LogP contribution is 2.44. The lowest BCUT2D eigenvalue weighted by Gasteiger charge is -2.46. The Labute approximate surface area is 73.6 Å². The first-order valence-electron chi connectivity index (χ1n) is 4.98. The summed E-state index contributed by atoms with van der Waals surface area (Å²) in [5, 5.41) is 19.6. The SMILES string of the molecule is CC1CC2CC(O)CC(O)(C1)C2. The van der Waals surface area contributed by atoms with Crippen molar-refractivity contribution in [2.45, 2.75) is 50.7 Å². The molecule has 0 amide bonds. The molecule has 2 bridgehead atoms. The van der Waals surface area contributed by atoms with Gasteiger partial charge in [-0.1, -0.05) is 6.92 Å². The molecule has 0 aromatic rings. The van der Waals surface area contributed by atoms with Crippen molar-refractivity contribution in [2.75, 3.05) is 0 Å². The molecular formula is C10H18O2. The van der Waals surface area contributed by atoms with Gasteiger partial charge in [-0.3, -0.25) is 0 Å². The Morgan fingerprint density at radius 1 is 1.17 bits per heavy atom. The van der Waals surface area contributed by atoms with Crippen LogP contribution in [0, 0.1) is 11.8 Å². The van der Waals surface area contributed by atoms with Gasteiger partial charge in [0, 0.05) is 6.42 Å². The Morgan fingerprint density at radius 2 is 1.92 bits per heavy atom. The summed E-state index contributed by atoms with van der Waals surface area (Å²) >= 11 is 0. The second-order valence-corrected chi connectivity index (χ2v) is 4.93. The van der Waals surface area contributed by atoms with Gasteiger partial charge >= 0.3 is 0 Å². The van der Waals surface area contributed by atoms with E-state index < -0.39 is 5.60 Å². The molecule has 2 aliphatic rings. The highest BCUT2D eigenvalue weighted by Gasteiger charge is 2.43. The maximum atomic E-state index is 10.1. The van der Waals surface area contributed by atoms with E-state index in [1.54, 1.807) is 0 Å². The lowest BCUT2D eigenvalue weighted by Crippen LogP contribution is -2.46. The summed E-state index contributed by atoms with van der Waals surface area (Å²) < 4.78 is 0. The van der Waals surface area contributed by atoms with Gasteiger partial charge in [-0.15, -0.1) is 0 Å². The van der Waals surface area contributed by atoms with Crippen molar-refractivity contribution >= 4 is 0 Å². The van der Waals surface area contributed by atoms with Crippen LogP contribution in [0.25, 0.3) is 0 Å². The minimum atomic E-state index is -0.528. The average Bonchev–Trinajstić information content (AvgIpc) is 1.78. The monoisotopic (exact) mass is 170 g/mol. The van der Waals surface area contributed by atoms with E-state index >= 15 is 0 Å². The molecule has 0 aromatic carbocycles. The number of fused-ring (bicyclic) bond motifs is 2. The Hall–Kier alpha value is -0.0800. The summed E-state index contributed by atoms with van der Waals surface area (Å²) in [6.07, 6.45) is 4.27. The number of hydrogen-bond acceptors (Lipinski definition) is 2. The van der Waals surface area contributed by atoms with Crippen LogP contribution in [0.1, 0.15) is 39.0 Å². The first kappa shape index (κ1) is 8.52. The highest BCUT2D eigenvalue weighted by molar-refractivity contribution is 4.95. The fraction of sp³-hybridized carbons (Fsp3) is 1.00. The number of hydrogen-bond donors (Lipinski definition) is 2. The van der Waals surface area contributed by atoms with E-state index in [-0.39, 0.29) is 6.10 Å². The van der Waals surface area contributed by atoms with Crippen molar-refractivity contribution in [3.05, 3.63) is 0 Å². The normalized spacial score (nSPS) is 53.8. The molecule has 12 heavy (non-hydrogen) atoms. The molecule has 0 aliphatic heterocycles. The number of rotatable bonds is 0. The lowest BCUT2D eigenvalue weighted by atomic mass is 9.65. The average molecular weight is 170 g/mol. The maximum absolute atomic E-state index is 10.1. The second kappa shape index (κ2) is 2.71. The summed E-state index contributed by atoms with van der Waals surface area (Å²) in [7, 11) is 0. The van der Waals surface area contributed by atoms with E-state index in [9.17, 15) is 10.2 Å². The molecule has 2 aliphatic carbocycles. The molecule has 2 heteroatoms. The fourth-order valence-electron chi connectivity index (χ4n) is 3.26. The van der Waals surface area contributed by atoms with Gasteiger partial charge in [-0.25, -0.2) is 0 Å². The van der Waals surface area contributed by atoms with Crippen LogP contribution in [0.15, 0.2) is 0 Å². The molecule has 2 saturated carbocycles. The smallest absolute Gasteiger partial charge is 0.0677 e. The summed E-state index contributed by atoms with van der Waals surface area (Å²) in [4.78, 5) is 0. The zero-order valence-corrected chi connectivity index (χ0v) is 7.66. The Morgan fingerprint density at radius 3 is 2.58 bits per heavy atom. The second-order valence-electron chi connectivity index (χ2n) is 4.93. The molecule has 2 fully saturated rings. The fourth-order valence-corrected chi connectivity index (χ4v) is 3.26. The van der Waals surface area contributed by atoms with Crippen LogP contribution >= 0.6 is 0 Å².